The van der Waals surface area contributed by atoms with Crippen LogP contribution >= 0.6 is 23.4 Å². The lowest BCUT2D eigenvalue weighted by Crippen LogP contribution is -2.23. The minimum Gasteiger partial charge on any atom is -0.455 e. The van der Waals surface area contributed by atoms with Crippen LogP contribution in [0.3, 0.4) is 0 Å². The summed E-state index contributed by atoms with van der Waals surface area (Å²) in [5.41, 5.74) is 2.27. The van der Waals surface area contributed by atoms with Crippen molar-refractivity contribution in [2.45, 2.75) is 12.1 Å². The number of ether oxygens (including phenoxy) is 1. The SMILES string of the molecule is Cc1c(Cl)cccc1-n1c(SCC(=O)Nc2ccccc2Oc2ccccc2)nc2ccccc2c1=O. The third kappa shape index (κ3) is 5.38. The van der Waals surface area contributed by atoms with Gasteiger partial charge < -0.3 is 10.1 Å². The molecule has 1 aromatic heterocycles. The van der Waals surface area contributed by atoms with Gasteiger partial charge in [-0.2, -0.15) is 0 Å². The van der Waals surface area contributed by atoms with Gasteiger partial charge in [-0.15, -0.1) is 0 Å². The van der Waals surface area contributed by atoms with Gasteiger partial charge in [0.1, 0.15) is 5.75 Å². The molecule has 5 rings (SSSR count). The number of aromatic nitrogens is 2. The van der Waals surface area contributed by atoms with Gasteiger partial charge >= 0.3 is 0 Å². The Hall–Kier alpha value is -4.07. The normalized spacial score (nSPS) is 10.9. The standard InChI is InChI=1S/C29H22ClN3O3S/c1-19-22(30)13-9-16-25(19)33-28(35)21-12-5-6-14-23(21)32-29(33)37-18-27(34)31-24-15-7-8-17-26(24)36-20-10-3-2-4-11-20/h2-17H,18H2,1H3,(H,31,34). The van der Waals surface area contributed by atoms with Crippen molar-refractivity contribution in [2.24, 2.45) is 0 Å². The van der Waals surface area contributed by atoms with Crippen LogP contribution in [0.1, 0.15) is 5.56 Å². The van der Waals surface area contributed by atoms with E-state index in [2.05, 4.69) is 5.32 Å². The van der Waals surface area contributed by atoms with Crippen LogP contribution in [0.15, 0.2) is 107 Å². The Morgan fingerprint density at radius 3 is 2.51 bits per heavy atom. The van der Waals surface area contributed by atoms with E-state index in [-0.39, 0.29) is 17.2 Å². The average Bonchev–Trinajstić information content (AvgIpc) is 2.91. The third-order valence-electron chi connectivity index (χ3n) is 5.69. The van der Waals surface area contributed by atoms with Crippen molar-refractivity contribution in [3.05, 3.63) is 118 Å². The summed E-state index contributed by atoms with van der Waals surface area (Å²) in [7, 11) is 0. The van der Waals surface area contributed by atoms with Crippen molar-refractivity contribution in [3.8, 4) is 17.2 Å². The maximum atomic E-state index is 13.5. The van der Waals surface area contributed by atoms with Gasteiger partial charge in [0.15, 0.2) is 10.9 Å². The van der Waals surface area contributed by atoms with Crippen LogP contribution in [0.2, 0.25) is 5.02 Å². The third-order valence-corrected chi connectivity index (χ3v) is 7.04. The molecule has 0 aliphatic carbocycles. The number of halogens is 1. The maximum Gasteiger partial charge on any atom is 0.266 e. The molecule has 0 spiro atoms. The van der Waals surface area contributed by atoms with Crippen molar-refractivity contribution >= 4 is 45.9 Å². The molecule has 0 radical (unpaired) electrons. The Balaban J connectivity index is 1.43. The van der Waals surface area contributed by atoms with E-state index in [0.29, 0.717) is 44.0 Å². The lowest BCUT2D eigenvalue weighted by molar-refractivity contribution is -0.113. The zero-order valence-corrected chi connectivity index (χ0v) is 21.4. The number of fused-ring (bicyclic) bond motifs is 1. The molecular formula is C29H22ClN3O3S. The van der Waals surface area contributed by atoms with E-state index in [1.807, 2.05) is 61.5 Å². The van der Waals surface area contributed by atoms with E-state index in [4.69, 9.17) is 21.3 Å². The number of rotatable bonds is 7. The highest BCUT2D eigenvalue weighted by Crippen LogP contribution is 2.30. The van der Waals surface area contributed by atoms with Crippen LogP contribution in [0, 0.1) is 6.92 Å². The molecule has 1 N–H and O–H groups in total. The fraction of sp³-hybridized carbons (Fsp3) is 0.0690. The minimum absolute atomic E-state index is 0.0318. The molecule has 0 saturated heterocycles. The van der Waals surface area contributed by atoms with Crippen LogP contribution in [-0.2, 0) is 4.79 Å². The number of hydrogen-bond acceptors (Lipinski definition) is 5. The Labute approximate surface area is 222 Å². The van der Waals surface area contributed by atoms with Gasteiger partial charge in [-0.3, -0.25) is 14.2 Å². The molecule has 0 fully saturated rings. The van der Waals surface area contributed by atoms with Crippen molar-refractivity contribution < 1.29 is 9.53 Å². The molecule has 37 heavy (non-hydrogen) atoms. The van der Waals surface area contributed by atoms with E-state index in [1.54, 1.807) is 42.5 Å². The molecule has 0 atom stereocenters. The van der Waals surface area contributed by atoms with Gasteiger partial charge in [0.2, 0.25) is 5.91 Å². The Kier molecular flexibility index (Phi) is 7.25. The molecule has 1 amide bonds. The van der Waals surface area contributed by atoms with Gasteiger partial charge in [0.25, 0.3) is 5.56 Å². The zero-order valence-electron chi connectivity index (χ0n) is 19.9. The second-order valence-electron chi connectivity index (χ2n) is 8.18. The number of benzene rings is 4. The van der Waals surface area contributed by atoms with Crippen LogP contribution in [0.25, 0.3) is 16.6 Å². The van der Waals surface area contributed by atoms with E-state index in [9.17, 15) is 9.59 Å². The number of hydrogen-bond donors (Lipinski definition) is 1. The zero-order chi connectivity index (χ0) is 25.8. The number of nitrogens with one attached hydrogen (secondary N) is 1. The van der Waals surface area contributed by atoms with Crippen molar-refractivity contribution in [3.63, 3.8) is 0 Å². The monoisotopic (exact) mass is 527 g/mol. The van der Waals surface area contributed by atoms with Gasteiger partial charge in [-0.05, 0) is 61.0 Å². The second kappa shape index (κ2) is 10.9. The molecule has 0 saturated carbocycles. The number of nitrogens with zero attached hydrogens (tertiary/aromatic N) is 2. The summed E-state index contributed by atoms with van der Waals surface area (Å²) in [6, 6.07) is 29.1. The molecule has 184 valence electrons. The molecular weight excluding hydrogens is 506 g/mol. The summed E-state index contributed by atoms with van der Waals surface area (Å²) >= 11 is 7.54. The number of amides is 1. The van der Waals surface area contributed by atoms with Gasteiger partial charge in [-0.1, -0.05) is 71.9 Å². The number of para-hydroxylation sites is 4. The topological polar surface area (TPSA) is 73.2 Å². The smallest absolute Gasteiger partial charge is 0.266 e. The Morgan fingerprint density at radius 2 is 1.68 bits per heavy atom. The highest BCUT2D eigenvalue weighted by Gasteiger charge is 2.17. The fourth-order valence-electron chi connectivity index (χ4n) is 3.85. The second-order valence-corrected chi connectivity index (χ2v) is 9.53. The molecule has 4 aromatic carbocycles. The van der Waals surface area contributed by atoms with Crippen LogP contribution in [-0.4, -0.2) is 21.2 Å². The first-order valence-electron chi connectivity index (χ1n) is 11.5. The number of anilines is 1. The van der Waals surface area contributed by atoms with E-state index in [0.717, 1.165) is 5.56 Å². The number of carbonyl (C=O) groups is 1. The molecule has 5 aromatic rings. The van der Waals surface area contributed by atoms with Crippen LogP contribution in [0.4, 0.5) is 5.69 Å². The van der Waals surface area contributed by atoms with Gasteiger partial charge in [-0.25, -0.2) is 4.98 Å². The molecule has 8 heteroatoms. The first kappa shape index (κ1) is 24.6. The maximum absolute atomic E-state index is 13.5. The number of carbonyl (C=O) groups excluding carboxylic acids is 1. The molecule has 0 aliphatic rings. The van der Waals surface area contributed by atoms with E-state index < -0.39 is 0 Å². The lowest BCUT2D eigenvalue weighted by Gasteiger charge is -2.16. The Bertz CT molecular complexity index is 1650. The summed E-state index contributed by atoms with van der Waals surface area (Å²) in [6.45, 7) is 1.85. The minimum atomic E-state index is -0.258. The molecule has 0 bridgehead atoms. The molecule has 0 aliphatic heterocycles. The Morgan fingerprint density at radius 1 is 0.946 bits per heavy atom. The average molecular weight is 528 g/mol. The highest BCUT2D eigenvalue weighted by atomic mass is 35.5. The van der Waals surface area contributed by atoms with Crippen molar-refractivity contribution in [2.75, 3.05) is 11.1 Å². The van der Waals surface area contributed by atoms with E-state index in [1.165, 1.54) is 16.3 Å². The van der Waals surface area contributed by atoms with Crippen LogP contribution in [0.5, 0.6) is 11.5 Å². The highest BCUT2D eigenvalue weighted by molar-refractivity contribution is 7.99. The summed E-state index contributed by atoms with van der Waals surface area (Å²) < 4.78 is 7.47. The summed E-state index contributed by atoms with van der Waals surface area (Å²) in [4.78, 5) is 31.2. The summed E-state index contributed by atoms with van der Waals surface area (Å²) in [5.74, 6) is 0.970. The molecule has 6 nitrogen and oxygen atoms in total. The van der Waals surface area contributed by atoms with Gasteiger partial charge in [0, 0.05) is 5.02 Å². The predicted octanol–water partition coefficient (Wildman–Crippen LogP) is 6.87. The van der Waals surface area contributed by atoms with Crippen LogP contribution < -0.4 is 15.6 Å². The largest absolute Gasteiger partial charge is 0.455 e. The first-order chi connectivity index (χ1) is 18.0. The number of thioether (sulfide) groups is 1. The molecule has 0 unspecified atom stereocenters. The quantitative estimate of drug-likeness (QED) is 0.185. The predicted molar refractivity (Wildman–Crippen MR) is 149 cm³/mol. The van der Waals surface area contributed by atoms with Gasteiger partial charge in [0.05, 0.1) is 28.0 Å². The van der Waals surface area contributed by atoms with E-state index >= 15 is 0 Å². The molecule has 1 heterocycles. The summed E-state index contributed by atoms with van der Waals surface area (Å²) in [6.07, 6.45) is 0. The van der Waals surface area contributed by atoms with Crippen molar-refractivity contribution in [1.29, 1.82) is 0 Å². The van der Waals surface area contributed by atoms with Crippen molar-refractivity contribution in [1.82, 2.24) is 9.55 Å². The fourth-order valence-corrected chi connectivity index (χ4v) is 4.83. The first-order valence-corrected chi connectivity index (χ1v) is 12.9. The summed E-state index contributed by atoms with van der Waals surface area (Å²) in [5, 5.41) is 4.34. The lowest BCUT2D eigenvalue weighted by atomic mass is 10.2.